The Morgan fingerprint density at radius 2 is 1.60 bits per heavy atom. The lowest BCUT2D eigenvalue weighted by Crippen LogP contribution is -2.27. The quantitative estimate of drug-likeness (QED) is 0.340. The second-order valence-electron chi connectivity index (χ2n) is 6.38. The highest BCUT2D eigenvalue weighted by Gasteiger charge is 2.37. The highest BCUT2D eigenvalue weighted by molar-refractivity contribution is 6.31. The van der Waals surface area contributed by atoms with Gasteiger partial charge < -0.3 is 14.5 Å². The number of aromatic amines is 1. The fourth-order valence-corrected chi connectivity index (χ4v) is 3.37. The molecule has 0 saturated heterocycles. The molecule has 0 unspecified atom stereocenters. The maximum Gasteiger partial charge on any atom is 0.324 e. The smallest absolute Gasteiger partial charge is 0.324 e. The van der Waals surface area contributed by atoms with Crippen LogP contribution in [-0.2, 0) is 19.1 Å². The van der Waals surface area contributed by atoms with Gasteiger partial charge in [0.15, 0.2) is 5.92 Å². The van der Waals surface area contributed by atoms with Crippen molar-refractivity contribution >= 4 is 40.2 Å². The first-order valence-electron chi connectivity index (χ1n) is 9.32. The Balaban J connectivity index is 2.25. The number of ketones is 1. The molecule has 1 aromatic heterocycles. The Kier molecular flexibility index (Phi) is 6.52. The fraction of sp³-hybridized carbons (Fsp3) is 0.227. The Morgan fingerprint density at radius 1 is 1.00 bits per heavy atom. The van der Waals surface area contributed by atoms with E-state index in [0.29, 0.717) is 15.9 Å². The van der Waals surface area contributed by atoms with Crippen molar-refractivity contribution in [1.29, 1.82) is 0 Å². The highest BCUT2D eigenvalue weighted by Crippen LogP contribution is 2.34. The van der Waals surface area contributed by atoms with Gasteiger partial charge in [0.05, 0.1) is 18.9 Å². The molecule has 156 valence electrons. The number of carbonyl (C=O) groups is 3. The molecule has 0 aliphatic heterocycles. The highest BCUT2D eigenvalue weighted by atomic mass is 35.5. The van der Waals surface area contributed by atoms with E-state index >= 15 is 0 Å². The van der Waals surface area contributed by atoms with Crippen LogP contribution >= 0.6 is 11.6 Å². The van der Waals surface area contributed by atoms with Gasteiger partial charge in [0, 0.05) is 27.1 Å². The number of benzene rings is 2. The lowest BCUT2D eigenvalue weighted by Gasteiger charge is -2.16. The summed E-state index contributed by atoms with van der Waals surface area (Å²) in [7, 11) is 0. The van der Waals surface area contributed by atoms with Gasteiger partial charge in [0.25, 0.3) is 0 Å². The number of H-pyrrole nitrogens is 1. The molecule has 2 aromatic carbocycles. The van der Waals surface area contributed by atoms with Crippen LogP contribution in [-0.4, -0.2) is 35.9 Å². The fourth-order valence-electron chi connectivity index (χ4n) is 3.20. The van der Waals surface area contributed by atoms with E-state index in [-0.39, 0.29) is 30.0 Å². The molecule has 30 heavy (non-hydrogen) atoms. The summed E-state index contributed by atoms with van der Waals surface area (Å²) in [4.78, 5) is 41.6. The molecule has 6 nitrogen and oxygen atoms in total. The average molecular weight is 432 g/mol. The number of hydrogen-bond acceptors (Lipinski definition) is 5. The van der Waals surface area contributed by atoms with E-state index in [4.69, 9.17) is 21.1 Å². The van der Waals surface area contributed by atoms with Gasteiger partial charge in [-0.3, -0.25) is 14.4 Å². The summed E-state index contributed by atoms with van der Waals surface area (Å²) in [5, 5.41) is 0.857. The number of halogens is 2. The summed E-state index contributed by atoms with van der Waals surface area (Å²) in [6.07, 6.45) is 0. The van der Waals surface area contributed by atoms with Crippen LogP contribution in [0.25, 0.3) is 10.9 Å². The van der Waals surface area contributed by atoms with Crippen molar-refractivity contribution in [1.82, 2.24) is 4.98 Å². The number of esters is 2. The first-order chi connectivity index (χ1) is 14.4. The van der Waals surface area contributed by atoms with Gasteiger partial charge in [-0.15, -0.1) is 0 Å². The summed E-state index contributed by atoms with van der Waals surface area (Å²) in [6, 6.07) is 9.72. The number of nitrogens with one attached hydrogen (secondary N) is 1. The van der Waals surface area contributed by atoms with Crippen LogP contribution in [0.1, 0.15) is 41.4 Å². The monoisotopic (exact) mass is 431 g/mol. The SMILES string of the molecule is CCOC(=O)C(C(=O)OCC)c1c(C(=O)c2ccc(F)cc2)[nH]c2cc(Cl)ccc12. The van der Waals surface area contributed by atoms with E-state index in [1.54, 1.807) is 32.0 Å². The summed E-state index contributed by atoms with van der Waals surface area (Å²) >= 11 is 6.07. The van der Waals surface area contributed by atoms with Crippen molar-refractivity contribution in [2.45, 2.75) is 19.8 Å². The molecule has 0 bridgehead atoms. The number of fused-ring (bicyclic) bond motifs is 1. The van der Waals surface area contributed by atoms with Gasteiger partial charge in [-0.25, -0.2) is 4.39 Å². The maximum atomic E-state index is 13.3. The third-order valence-corrected chi connectivity index (χ3v) is 4.70. The molecule has 0 radical (unpaired) electrons. The minimum atomic E-state index is -1.47. The van der Waals surface area contributed by atoms with Crippen molar-refractivity contribution in [3.8, 4) is 0 Å². The zero-order chi connectivity index (χ0) is 21.8. The van der Waals surface area contributed by atoms with Crippen LogP contribution in [0.15, 0.2) is 42.5 Å². The van der Waals surface area contributed by atoms with E-state index < -0.39 is 29.5 Å². The van der Waals surface area contributed by atoms with E-state index in [1.165, 1.54) is 12.1 Å². The Bertz CT molecular complexity index is 1090. The molecule has 0 amide bonds. The maximum absolute atomic E-state index is 13.3. The van der Waals surface area contributed by atoms with Crippen LogP contribution in [0.5, 0.6) is 0 Å². The third kappa shape index (κ3) is 4.21. The topological polar surface area (TPSA) is 85.5 Å². The lowest BCUT2D eigenvalue weighted by atomic mass is 9.92. The molecule has 0 spiro atoms. The van der Waals surface area contributed by atoms with Crippen molar-refractivity contribution < 1.29 is 28.2 Å². The largest absolute Gasteiger partial charge is 0.465 e. The zero-order valence-electron chi connectivity index (χ0n) is 16.3. The standard InChI is InChI=1S/C22H19ClFNO5/c1-3-29-21(27)18(22(28)30-4-2)17-15-10-7-13(23)11-16(15)25-19(17)20(26)12-5-8-14(24)9-6-12/h5-11,18,25H,3-4H2,1-2H3. The number of carbonyl (C=O) groups excluding carboxylic acids is 3. The average Bonchev–Trinajstić information content (AvgIpc) is 3.07. The van der Waals surface area contributed by atoms with Crippen LogP contribution in [0.2, 0.25) is 5.02 Å². The molecule has 0 saturated carbocycles. The number of aromatic nitrogens is 1. The second kappa shape index (κ2) is 9.09. The molecule has 0 aliphatic rings. The summed E-state index contributed by atoms with van der Waals surface area (Å²) < 4.78 is 23.5. The van der Waals surface area contributed by atoms with E-state index in [0.717, 1.165) is 12.1 Å². The van der Waals surface area contributed by atoms with Gasteiger partial charge in [0.1, 0.15) is 5.82 Å². The van der Waals surface area contributed by atoms with Crippen LogP contribution in [0.3, 0.4) is 0 Å². The number of hydrogen-bond donors (Lipinski definition) is 1. The zero-order valence-corrected chi connectivity index (χ0v) is 17.1. The van der Waals surface area contributed by atoms with Crippen molar-refractivity contribution in [2.24, 2.45) is 0 Å². The van der Waals surface area contributed by atoms with E-state index in [2.05, 4.69) is 4.98 Å². The first-order valence-corrected chi connectivity index (χ1v) is 9.69. The molecule has 0 fully saturated rings. The molecule has 0 aliphatic carbocycles. The van der Waals surface area contributed by atoms with Crippen molar-refractivity contribution in [3.63, 3.8) is 0 Å². The van der Waals surface area contributed by atoms with E-state index in [1.807, 2.05) is 0 Å². The third-order valence-electron chi connectivity index (χ3n) is 4.47. The van der Waals surface area contributed by atoms with Crippen LogP contribution in [0, 0.1) is 5.82 Å². The Hall–Kier alpha value is -3.19. The summed E-state index contributed by atoms with van der Waals surface area (Å²) in [5.74, 6) is -4.15. The van der Waals surface area contributed by atoms with Gasteiger partial charge in [0.2, 0.25) is 5.78 Å². The Labute approximate surface area is 176 Å². The molecular weight excluding hydrogens is 413 g/mol. The minimum Gasteiger partial charge on any atom is -0.465 e. The molecule has 1 heterocycles. The molecule has 8 heteroatoms. The van der Waals surface area contributed by atoms with Crippen LogP contribution in [0.4, 0.5) is 4.39 Å². The van der Waals surface area contributed by atoms with Gasteiger partial charge in [-0.2, -0.15) is 0 Å². The lowest BCUT2D eigenvalue weighted by molar-refractivity contribution is -0.156. The molecule has 3 aromatic rings. The number of rotatable bonds is 7. The van der Waals surface area contributed by atoms with Gasteiger partial charge >= 0.3 is 11.9 Å². The van der Waals surface area contributed by atoms with E-state index in [9.17, 15) is 18.8 Å². The summed E-state index contributed by atoms with van der Waals surface area (Å²) in [6.45, 7) is 3.31. The predicted molar refractivity (Wildman–Crippen MR) is 109 cm³/mol. The second-order valence-corrected chi connectivity index (χ2v) is 6.81. The minimum absolute atomic E-state index is 0.00461. The molecule has 0 atom stereocenters. The molecule has 1 N–H and O–H groups in total. The molecule has 3 rings (SSSR count). The van der Waals surface area contributed by atoms with Crippen molar-refractivity contribution in [2.75, 3.05) is 13.2 Å². The van der Waals surface area contributed by atoms with Crippen molar-refractivity contribution in [3.05, 3.63) is 70.1 Å². The first kappa shape index (κ1) is 21.5. The van der Waals surface area contributed by atoms with Gasteiger partial charge in [-0.05, 0) is 50.2 Å². The predicted octanol–water partition coefficient (Wildman–Crippen LogP) is 4.40. The Morgan fingerprint density at radius 3 is 2.17 bits per heavy atom. The summed E-state index contributed by atoms with van der Waals surface area (Å²) in [5.41, 5.74) is 0.779. The number of ether oxygens (including phenoxy) is 2. The normalized spacial score (nSPS) is 11.0. The van der Waals surface area contributed by atoms with Crippen LogP contribution < -0.4 is 0 Å². The van der Waals surface area contributed by atoms with Gasteiger partial charge in [-0.1, -0.05) is 17.7 Å². The molecular formula is C22H19ClFNO5.